The molecule has 0 spiro atoms. The summed E-state index contributed by atoms with van der Waals surface area (Å²) in [6.45, 7) is 5.17. The van der Waals surface area contributed by atoms with E-state index in [0.29, 0.717) is 28.5 Å². The molecular formula is C21H27NO7. The van der Waals surface area contributed by atoms with Crippen molar-refractivity contribution < 1.29 is 28.8 Å². The Morgan fingerprint density at radius 3 is 2.10 bits per heavy atom. The zero-order valence-corrected chi connectivity index (χ0v) is 17.5. The predicted octanol–water partition coefficient (Wildman–Crippen LogP) is 2.63. The molecule has 1 aromatic heterocycles. The molecule has 0 fully saturated rings. The molecule has 0 saturated carbocycles. The van der Waals surface area contributed by atoms with E-state index in [4.69, 9.17) is 18.9 Å². The molecule has 158 valence electrons. The van der Waals surface area contributed by atoms with Gasteiger partial charge in [-0.3, -0.25) is 4.79 Å². The van der Waals surface area contributed by atoms with Crippen molar-refractivity contribution in [1.82, 2.24) is 4.98 Å². The van der Waals surface area contributed by atoms with Crippen molar-refractivity contribution in [3.05, 3.63) is 51.4 Å². The molecule has 1 heterocycles. The number of aliphatic hydroxyl groups is 1. The first-order valence-corrected chi connectivity index (χ1v) is 9.02. The van der Waals surface area contributed by atoms with E-state index in [2.05, 4.69) is 4.98 Å². The second kappa shape index (κ2) is 9.00. The SMILES string of the molecule is COc1cc(C(O)Cc2cc(=O)c(C(=O)OC(C)(C)C)c[nH]2)cc(OC)c1OC. The summed E-state index contributed by atoms with van der Waals surface area (Å²) in [5.41, 5.74) is -0.290. The Hall–Kier alpha value is -3.00. The molecule has 2 aromatic rings. The number of pyridine rings is 1. The molecule has 2 rings (SSSR count). The predicted molar refractivity (Wildman–Crippen MR) is 107 cm³/mol. The van der Waals surface area contributed by atoms with Crippen LogP contribution in [-0.4, -0.2) is 43.0 Å². The van der Waals surface area contributed by atoms with Gasteiger partial charge in [0.15, 0.2) is 16.9 Å². The lowest BCUT2D eigenvalue weighted by atomic mass is 10.0. The van der Waals surface area contributed by atoms with Crippen LogP contribution < -0.4 is 19.6 Å². The molecule has 0 saturated heterocycles. The van der Waals surface area contributed by atoms with Crippen LogP contribution in [0.1, 0.15) is 48.5 Å². The minimum absolute atomic E-state index is 0.0917. The first-order valence-electron chi connectivity index (χ1n) is 9.02. The molecule has 8 heteroatoms. The molecule has 0 aliphatic rings. The van der Waals surface area contributed by atoms with Crippen LogP contribution in [-0.2, 0) is 11.2 Å². The number of aromatic nitrogens is 1. The second-order valence-electron chi connectivity index (χ2n) is 7.42. The normalized spacial score (nSPS) is 12.2. The van der Waals surface area contributed by atoms with Gasteiger partial charge in [-0.1, -0.05) is 0 Å². The molecule has 2 N–H and O–H groups in total. The highest BCUT2D eigenvalue weighted by molar-refractivity contribution is 5.89. The first-order chi connectivity index (χ1) is 13.6. The summed E-state index contributed by atoms with van der Waals surface area (Å²) in [7, 11) is 4.47. The maximum absolute atomic E-state index is 12.3. The van der Waals surface area contributed by atoms with Gasteiger partial charge in [-0.05, 0) is 38.5 Å². The molecule has 29 heavy (non-hydrogen) atoms. The van der Waals surface area contributed by atoms with E-state index in [1.807, 2.05) is 0 Å². The van der Waals surface area contributed by atoms with Crippen molar-refractivity contribution in [3.63, 3.8) is 0 Å². The van der Waals surface area contributed by atoms with Crippen molar-refractivity contribution in [1.29, 1.82) is 0 Å². The largest absolute Gasteiger partial charge is 0.493 e. The number of aliphatic hydroxyl groups excluding tert-OH is 1. The van der Waals surface area contributed by atoms with Gasteiger partial charge >= 0.3 is 5.97 Å². The fourth-order valence-electron chi connectivity index (χ4n) is 2.74. The van der Waals surface area contributed by atoms with Gasteiger partial charge in [0.25, 0.3) is 0 Å². The molecular weight excluding hydrogens is 378 g/mol. The lowest BCUT2D eigenvalue weighted by molar-refractivity contribution is 0.00676. The third-order valence-electron chi connectivity index (χ3n) is 4.08. The molecule has 8 nitrogen and oxygen atoms in total. The topological polar surface area (TPSA) is 107 Å². The highest BCUT2D eigenvalue weighted by Crippen LogP contribution is 2.40. The molecule has 0 amide bonds. The number of benzene rings is 1. The summed E-state index contributed by atoms with van der Waals surface area (Å²) in [4.78, 5) is 27.3. The third kappa shape index (κ3) is 5.51. The average molecular weight is 405 g/mol. The van der Waals surface area contributed by atoms with E-state index in [1.54, 1.807) is 32.9 Å². The number of nitrogens with one attached hydrogen (secondary N) is 1. The number of rotatable bonds is 7. The molecule has 0 radical (unpaired) electrons. The van der Waals surface area contributed by atoms with Crippen LogP contribution in [0.3, 0.4) is 0 Å². The Labute approximate surface area is 169 Å². The zero-order chi connectivity index (χ0) is 21.8. The standard InChI is InChI=1S/C21H27NO7/c1-21(2,3)29-20(25)14-11-22-13(10-16(14)24)9-15(23)12-7-17(26-4)19(28-6)18(8-12)27-5/h7-8,10-11,15,23H,9H2,1-6H3,(H,22,24). The van der Waals surface area contributed by atoms with E-state index >= 15 is 0 Å². The highest BCUT2D eigenvalue weighted by atomic mass is 16.6. The van der Waals surface area contributed by atoms with E-state index in [-0.39, 0.29) is 12.0 Å². The van der Waals surface area contributed by atoms with Gasteiger partial charge in [-0.15, -0.1) is 0 Å². The minimum Gasteiger partial charge on any atom is -0.493 e. The summed E-state index contributed by atoms with van der Waals surface area (Å²) in [5, 5.41) is 10.6. The number of hydrogen-bond donors (Lipinski definition) is 2. The fraction of sp³-hybridized carbons (Fsp3) is 0.429. The molecule has 1 unspecified atom stereocenters. The maximum atomic E-state index is 12.3. The summed E-state index contributed by atoms with van der Waals surface area (Å²) in [6, 6.07) is 4.55. The van der Waals surface area contributed by atoms with Crippen LogP contribution in [0.4, 0.5) is 0 Å². The van der Waals surface area contributed by atoms with E-state index in [1.165, 1.54) is 33.6 Å². The van der Waals surface area contributed by atoms with Crippen molar-refractivity contribution in [3.8, 4) is 17.2 Å². The summed E-state index contributed by atoms with van der Waals surface area (Å²) >= 11 is 0. The molecule has 0 bridgehead atoms. The van der Waals surface area contributed by atoms with E-state index in [0.717, 1.165) is 0 Å². The number of carbonyl (C=O) groups excluding carboxylic acids is 1. The number of esters is 1. The zero-order valence-electron chi connectivity index (χ0n) is 17.5. The van der Waals surface area contributed by atoms with Gasteiger partial charge in [0.05, 0.1) is 27.4 Å². The minimum atomic E-state index is -0.952. The Bertz CT molecular complexity index is 902. The summed E-state index contributed by atoms with van der Waals surface area (Å²) in [5.74, 6) is 0.542. The molecule has 0 aliphatic carbocycles. The van der Waals surface area contributed by atoms with Crippen LogP contribution in [0, 0.1) is 0 Å². The second-order valence-corrected chi connectivity index (χ2v) is 7.42. The highest BCUT2D eigenvalue weighted by Gasteiger charge is 2.21. The summed E-state index contributed by atoms with van der Waals surface area (Å²) < 4.78 is 21.1. The van der Waals surface area contributed by atoms with Crippen molar-refractivity contribution >= 4 is 5.97 Å². The lowest BCUT2D eigenvalue weighted by Gasteiger charge is -2.19. The Balaban J connectivity index is 2.25. The monoisotopic (exact) mass is 405 g/mol. The van der Waals surface area contributed by atoms with Gasteiger partial charge in [-0.25, -0.2) is 4.79 Å². The maximum Gasteiger partial charge on any atom is 0.344 e. The van der Waals surface area contributed by atoms with Crippen LogP contribution in [0.5, 0.6) is 17.2 Å². The first kappa shape index (κ1) is 22.3. The third-order valence-corrected chi connectivity index (χ3v) is 4.08. The van der Waals surface area contributed by atoms with Gasteiger partial charge < -0.3 is 29.0 Å². The quantitative estimate of drug-likeness (QED) is 0.682. The number of H-pyrrole nitrogens is 1. The number of methoxy groups -OCH3 is 3. The van der Waals surface area contributed by atoms with E-state index in [9.17, 15) is 14.7 Å². The number of carbonyl (C=O) groups is 1. The van der Waals surface area contributed by atoms with Crippen LogP contribution in [0.15, 0.2) is 29.2 Å². The van der Waals surface area contributed by atoms with Crippen molar-refractivity contribution in [2.45, 2.75) is 38.9 Å². The average Bonchev–Trinajstić information content (AvgIpc) is 2.65. The van der Waals surface area contributed by atoms with E-state index < -0.39 is 23.1 Å². The fourth-order valence-corrected chi connectivity index (χ4v) is 2.74. The van der Waals surface area contributed by atoms with Crippen molar-refractivity contribution in [2.24, 2.45) is 0 Å². The Kier molecular flexibility index (Phi) is 6.92. The number of hydrogen-bond acceptors (Lipinski definition) is 7. The van der Waals surface area contributed by atoms with Gasteiger partial charge in [0.2, 0.25) is 5.75 Å². The summed E-state index contributed by atoms with van der Waals surface area (Å²) in [6.07, 6.45) is 0.461. The van der Waals surface area contributed by atoms with Crippen LogP contribution >= 0.6 is 0 Å². The Morgan fingerprint density at radius 1 is 1.07 bits per heavy atom. The van der Waals surface area contributed by atoms with Crippen LogP contribution in [0.2, 0.25) is 0 Å². The molecule has 1 atom stereocenters. The number of ether oxygens (including phenoxy) is 4. The van der Waals surface area contributed by atoms with Gasteiger partial charge in [0.1, 0.15) is 11.2 Å². The molecule has 1 aromatic carbocycles. The smallest absolute Gasteiger partial charge is 0.344 e. The van der Waals surface area contributed by atoms with Crippen LogP contribution in [0.25, 0.3) is 0 Å². The lowest BCUT2D eigenvalue weighted by Crippen LogP contribution is -2.27. The number of aromatic amines is 1. The molecule has 0 aliphatic heterocycles. The van der Waals surface area contributed by atoms with Crippen molar-refractivity contribution in [2.75, 3.05) is 21.3 Å². The van der Waals surface area contributed by atoms with Gasteiger partial charge in [-0.2, -0.15) is 0 Å². The van der Waals surface area contributed by atoms with Gasteiger partial charge in [0, 0.05) is 24.4 Å². The Morgan fingerprint density at radius 2 is 1.66 bits per heavy atom.